The Morgan fingerprint density at radius 3 is 2.62 bits per heavy atom. The third-order valence-corrected chi connectivity index (χ3v) is 1.83. The van der Waals surface area contributed by atoms with Crippen molar-refractivity contribution in [2.24, 2.45) is 0 Å². The van der Waals surface area contributed by atoms with E-state index in [1.165, 1.54) is 19.2 Å². The van der Waals surface area contributed by atoms with Gasteiger partial charge in [-0.25, -0.2) is 14.0 Å². The zero-order chi connectivity index (χ0) is 12.1. The molecular weight excluding hydrogens is 215 g/mol. The van der Waals surface area contributed by atoms with Gasteiger partial charge in [-0.05, 0) is 18.2 Å². The van der Waals surface area contributed by atoms with Crippen molar-refractivity contribution in [3.8, 4) is 0 Å². The predicted molar refractivity (Wildman–Crippen MR) is 54.4 cm³/mol. The second-order valence-electron chi connectivity index (χ2n) is 2.90. The number of benzene rings is 1. The number of carboxylic acid groups (broad SMARTS) is 1. The van der Waals surface area contributed by atoms with Gasteiger partial charge in [0.05, 0.1) is 12.7 Å². The molecule has 0 aliphatic carbocycles. The highest BCUT2D eigenvalue weighted by Gasteiger charge is 2.08. The number of methoxy groups -OCH3 is 1. The monoisotopic (exact) mass is 224 g/mol. The molecule has 84 valence electrons. The summed E-state index contributed by atoms with van der Waals surface area (Å²) in [6.07, 6.45) is 1.93. The fourth-order valence-corrected chi connectivity index (χ4v) is 1.07. The summed E-state index contributed by atoms with van der Waals surface area (Å²) in [4.78, 5) is 21.3. The lowest BCUT2D eigenvalue weighted by Crippen LogP contribution is -2.02. The molecule has 0 aliphatic heterocycles. The largest absolute Gasteiger partial charge is 0.478 e. The Kier molecular flexibility index (Phi) is 3.77. The summed E-state index contributed by atoms with van der Waals surface area (Å²) in [5, 5.41) is 8.36. The maximum absolute atomic E-state index is 13.3. The van der Waals surface area contributed by atoms with Crippen LogP contribution in [0.4, 0.5) is 4.39 Å². The van der Waals surface area contributed by atoms with Crippen LogP contribution >= 0.6 is 0 Å². The smallest absolute Gasteiger partial charge is 0.337 e. The van der Waals surface area contributed by atoms with E-state index in [0.717, 1.165) is 18.2 Å². The molecule has 1 aromatic carbocycles. The van der Waals surface area contributed by atoms with Gasteiger partial charge < -0.3 is 9.84 Å². The molecule has 16 heavy (non-hydrogen) atoms. The summed E-state index contributed by atoms with van der Waals surface area (Å²) in [7, 11) is 1.19. The summed E-state index contributed by atoms with van der Waals surface area (Å²) in [5.74, 6) is -2.50. The highest BCUT2D eigenvalue weighted by molar-refractivity contribution is 5.90. The van der Waals surface area contributed by atoms with Gasteiger partial charge in [0.1, 0.15) is 5.82 Å². The molecule has 0 unspecified atom stereocenters. The highest BCUT2D eigenvalue weighted by atomic mass is 19.1. The topological polar surface area (TPSA) is 63.6 Å². The number of carbonyl (C=O) groups excluding carboxylic acids is 1. The van der Waals surface area contributed by atoms with E-state index in [1.54, 1.807) is 0 Å². The van der Waals surface area contributed by atoms with Crippen molar-refractivity contribution in [3.63, 3.8) is 0 Å². The fraction of sp³-hybridized carbons (Fsp3) is 0.0909. The molecule has 1 aromatic rings. The Bertz CT molecular complexity index is 451. The maximum Gasteiger partial charge on any atom is 0.337 e. The van der Waals surface area contributed by atoms with Gasteiger partial charge >= 0.3 is 11.9 Å². The van der Waals surface area contributed by atoms with Crippen LogP contribution in [0.3, 0.4) is 0 Å². The lowest BCUT2D eigenvalue weighted by Gasteiger charge is -2.01. The Morgan fingerprint density at radius 1 is 1.44 bits per heavy atom. The van der Waals surface area contributed by atoms with Crippen molar-refractivity contribution >= 4 is 18.0 Å². The van der Waals surface area contributed by atoms with Crippen LogP contribution in [0, 0.1) is 5.82 Å². The van der Waals surface area contributed by atoms with Crippen LogP contribution in [-0.4, -0.2) is 24.2 Å². The molecule has 0 aromatic heterocycles. The lowest BCUT2D eigenvalue weighted by molar-refractivity contribution is -0.131. The number of carboxylic acids is 1. The number of aliphatic carboxylic acids is 1. The van der Waals surface area contributed by atoms with Gasteiger partial charge in [-0.15, -0.1) is 0 Å². The van der Waals surface area contributed by atoms with Gasteiger partial charge in [0, 0.05) is 11.6 Å². The molecule has 0 spiro atoms. The van der Waals surface area contributed by atoms with Gasteiger partial charge in [0.2, 0.25) is 0 Å². The van der Waals surface area contributed by atoms with Gasteiger partial charge in [0.25, 0.3) is 0 Å². The predicted octanol–water partition coefficient (Wildman–Crippen LogP) is 1.71. The Balaban J connectivity index is 3.00. The number of hydrogen-bond donors (Lipinski definition) is 1. The third-order valence-electron chi connectivity index (χ3n) is 1.83. The SMILES string of the molecule is COC(=O)c1ccc(/C=C/C(=O)O)c(F)c1. The second kappa shape index (κ2) is 5.06. The van der Waals surface area contributed by atoms with Crippen molar-refractivity contribution in [1.29, 1.82) is 0 Å². The van der Waals surface area contributed by atoms with E-state index in [0.29, 0.717) is 0 Å². The van der Waals surface area contributed by atoms with Crippen LogP contribution in [-0.2, 0) is 9.53 Å². The summed E-state index contributed by atoms with van der Waals surface area (Å²) in [5.41, 5.74) is 0.169. The number of rotatable bonds is 3. The van der Waals surface area contributed by atoms with Gasteiger partial charge in [-0.3, -0.25) is 0 Å². The number of hydrogen-bond acceptors (Lipinski definition) is 3. The maximum atomic E-state index is 13.3. The molecular formula is C11H9FO4. The first-order valence-electron chi connectivity index (χ1n) is 4.33. The second-order valence-corrected chi connectivity index (χ2v) is 2.90. The number of esters is 1. The van der Waals surface area contributed by atoms with Gasteiger partial charge in [-0.1, -0.05) is 6.07 Å². The molecule has 0 heterocycles. The first-order valence-corrected chi connectivity index (χ1v) is 4.33. The average Bonchev–Trinajstić information content (AvgIpc) is 2.26. The van der Waals surface area contributed by atoms with E-state index in [4.69, 9.17) is 5.11 Å². The van der Waals surface area contributed by atoms with Crippen molar-refractivity contribution in [2.45, 2.75) is 0 Å². The van der Waals surface area contributed by atoms with Crippen molar-refractivity contribution in [2.75, 3.05) is 7.11 Å². The zero-order valence-corrected chi connectivity index (χ0v) is 8.44. The minimum atomic E-state index is -1.17. The normalized spacial score (nSPS) is 10.4. The molecule has 1 N–H and O–H groups in total. The van der Waals surface area contributed by atoms with Crippen molar-refractivity contribution in [3.05, 3.63) is 41.2 Å². The quantitative estimate of drug-likeness (QED) is 0.627. The minimum absolute atomic E-state index is 0.0764. The standard InChI is InChI=1S/C11H9FO4/c1-16-11(15)8-3-2-7(9(12)6-8)4-5-10(13)14/h2-6H,1H3,(H,13,14)/b5-4+. The summed E-state index contributed by atoms with van der Waals surface area (Å²) in [6.45, 7) is 0. The Morgan fingerprint density at radius 2 is 2.12 bits per heavy atom. The third kappa shape index (κ3) is 2.91. The van der Waals surface area contributed by atoms with Crippen LogP contribution in [0.2, 0.25) is 0 Å². The molecule has 0 bridgehead atoms. The van der Waals surface area contributed by atoms with Gasteiger partial charge in [-0.2, -0.15) is 0 Å². The molecule has 0 radical (unpaired) electrons. The van der Waals surface area contributed by atoms with E-state index in [-0.39, 0.29) is 11.1 Å². The molecule has 1 rings (SSSR count). The number of halogens is 1. The van der Waals surface area contributed by atoms with Crippen molar-refractivity contribution in [1.82, 2.24) is 0 Å². The molecule has 0 atom stereocenters. The lowest BCUT2D eigenvalue weighted by atomic mass is 10.1. The van der Waals surface area contributed by atoms with Crippen LogP contribution in [0.5, 0.6) is 0 Å². The van der Waals surface area contributed by atoms with E-state index >= 15 is 0 Å². The number of ether oxygens (including phenoxy) is 1. The fourth-order valence-electron chi connectivity index (χ4n) is 1.07. The molecule has 0 saturated heterocycles. The van der Waals surface area contributed by atoms with Gasteiger partial charge in [0.15, 0.2) is 0 Å². The summed E-state index contributed by atoms with van der Waals surface area (Å²) in [6, 6.07) is 3.66. The average molecular weight is 224 g/mol. The van der Waals surface area contributed by atoms with E-state index < -0.39 is 17.8 Å². The summed E-state index contributed by atoms with van der Waals surface area (Å²) >= 11 is 0. The van der Waals surface area contributed by atoms with Crippen LogP contribution in [0.25, 0.3) is 6.08 Å². The van der Waals surface area contributed by atoms with Crippen molar-refractivity contribution < 1.29 is 23.8 Å². The molecule has 0 aliphatic rings. The molecule has 0 fully saturated rings. The molecule has 4 nitrogen and oxygen atoms in total. The van der Waals surface area contributed by atoms with Crippen LogP contribution < -0.4 is 0 Å². The number of carbonyl (C=O) groups is 2. The molecule has 5 heteroatoms. The summed E-state index contributed by atoms with van der Waals surface area (Å²) < 4.78 is 17.8. The minimum Gasteiger partial charge on any atom is -0.478 e. The first-order chi connectivity index (χ1) is 7.54. The zero-order valence-electron chi connectivity index (χ0n) is 8.44. The first kappa shape index (κ1) is 11.9. The van der Waals surface area contributed by atoms with E-state index in [1.807, 2.05) is 0 Å². The van der Waals surface area contributed by atoms with Crippen LogP contribution in [0.1, 0.15) is 15.9 Å². The molecule has 0 saturated carbocycles. The van der Waals surface area contributed by atoms with E-state index in [2.05, 4.69) is 4.74 Å². The highest BCUT2D eigenvalue weighted by Crippen LogP contribution is 2.12. The Hall–Kier alpha value is -2.17. The molecule has 0 amide bonds. The van der Waals surface area contributed by atoms with Crippen LogP contribution in [0.15, 0.2) is 24.3 Å². The van der Waals surface area contributed by atoms with E-state index in [9.17, 15) is 14.0 Å². The Labute approximate surface area is 91.0 Å².